The third-order valence-corrected chi connectivity index (χ3v) is 3.91. The van der Waals surface area contributed by atoms with Gasteiger partial charge in [0.2, 0.25) is 5.78 Å². The summed E-state index contributed by atoms with van der Waals surface area (Å²) in [5.74, 6) is 1.23. The van der Waals surface area contributed by atoms with Crippen molar-refractivity contribution >= 4 is 23.5 Å². The summed E-state index contributed by atoms with van der Waals surface area (Å²) in [6, 6.07) is 10.6. The first-order valence-corrected chi connectivity index (χ1v) is 7.40. The van der Waals surface area contributed by atoms with Crippen molar-refractivity contribution in [2.24, 2.45) is 0 Å². The third kappa shape index (κ3) is 2.90. The van der Waals surface area contributed by atoms with E-state index in [1.807, 2.05) is 12.1 Å². The molecule has 0 radical (unpaired) electrons. The Labute approximate surface area is 139 Å². The second-order valence-corrected chi connectivity index (χ2v) is 5.44. The Morgan fingerprint density at radius 3 is 2.48 bits per heavy atom. The van der Waals surface area contributed by atoms with Gasteiger partial charge in [0.05, 0.1) is 14.2 Å². The molecule has 118 valence electrons. The number of benzene rings is 2. The molecule has 0 amide bonds. The lowest BCUT2D eigenvalue weighted by Crippen LogP contribution is -2.17. The second-order valence-electron chi connectivity index (χ2n) is 5.01. The summed E-state index contributed by atoms with van der Waals surface area (Å²) >= 11 is 5.87. The minimum Gasteiger partial charge on any atom is -0.493 e. The molecule has 23 heavy (non-hydrogen) atoms. The lowest BCUT2D eigenvalue weighted by Gasteiger charge is -2.22. The Morgan fingerprint density at radius 2 is 1.83 bits per heavy atom. The lowest BCUT2D eigenvalue weighted by atomic mass is 9.98. The summed E-state index contributed by atoms with van der Waals surface area (Å²) in [6.45, 7) is 0.251. The Balaban J connectivity index is 1.99. The molecule has 0 N–H and O–H groups in total. The lowest BCUT2D eigenvalue weighted by molar-refractivity contribution is 0.0866. The van der Waals surface area contributed by atoms with Crippen molar-refractivity contribution in [3.05, 3.63) is 63.9 Å². The van der Waals surface area contributed by atoms with Gasteiger partial charge in [-0.15, -0.1) is 0 Å². The van der Waals surface area contributed by atoms with Gasteiger partial charge in [0.15, 0.2) is 17.3 Å². The fourth-order valence-electron chi connectivity index (χ4n) is 2.51. The van der Waals surface area contributed by atoms with Crippen LogP contribution in [0.15, 0.2) is 42.2 Å². The molecule has 0 spiro atoms. The molecule has 5 heteroatoms. The molecule has 1 aliphatic rings. The molecule has 1 aliphatic heterocycles. The summed E-state index contributed by atoms with van der Waals surface area (Å²) < 4.78 is 16.2. The van der Waals surface area contributed by atoms with Gasteiger partial charge in [0.25, 0.3) is 0 Å². The van der Waals surface area contributed by atoms with E-state index in [4.69, 9.17) is 25.8 Å². The molecule has 0 aromatic heterocycles. The van der Waals surface area contributed by atoms with Crippen LogP contribution in [0.25, 0.3) is 6.08 Å². The third-order valence-electron chi connectivity index (χ3n) is 3.66. The van der Waals surface area contributed by atoms with Crippen LogP contribution < -0.4 is 9.47 Å². The molecular weight excluding hydrogens is 316 g/mol. The van der Waals surface area contributed by atoms with E-state index in [1.54, 1.807) is 44.6 Å². The van der Waals surface area contributed by atoms with E-state index < -0.39 is 0 Å². The van der Waals surface area contributed by atoms with E-state index in [2.05, 4.69) is 0 Å². The first-order valence-electron chi connectivity index (χ1n) is 7.02. The van der Waals surface area contributed by atoms with Gasteiger partial charge in [0, 0.05) is 16.1 Å². The van der Waals surface area contributed by atoms with Crippen molar-refractivity contribution in [3.63, 3.8) is 0 Å². The highest BCUT2D eigenvalue weighted by molar-refractivity contribution is 6.30. The van der Waals surface area contributed by atoms with Crippen LogP contribution in [-0.4, -0.2) is 20.0 Å². The smallest absolute Gasteiger partial charge is 0.228 e. The molecule has 4 nitrogen and oxygen atoms in total. The van der Waals surface area contributed by atoms with Gasteiger partial charge in [-0.2, -0.15) is 0 Å². The van der Waals surface area contributed by atoms with Crippen molar-refractivity contribution in [1.29, 1.82) is 0 Å². The van der Waals surface area contributed by atoms with Crippen molar-refractivity contribution < 1.29 is 19.0 Å². The van der Waals surface area contributed by atoms with E-state index in [1.165, 1.54) is 0 Å². The first-order chi connectivity index (χ1) is 11.1. The van der Waals surface area contributed by atoms with Gasteiger partial charge < -0.3 is 14.2 Å². The molecule has 3 rings (SSSR count). The van der Waals surface area contributed by atoms with Crippen molar-refractivity contribution in [1.82, 2.24) is 0 Å². The normalized spacial score (nSPS) is 15.1. The van der Waals surface area contributed by atoms with Gasteiger partial charge in [-0.25, -0.2) is 0 Å². The Bertz CT molecular complexity index is 778. The van der Waals surface area contributed by atoms with Crippen LogP contribution in [0.5, 0.6) is 11.5 Å². The van der Waals surface area contributed by atoms with E-state index >= 15 is 0 Å². The molecule has 0 aliphatic carbocycles. The van der Waals surface area contributed by atoms with Crippen LogP contribution in [0.3, 0.4) is 0 Å². The topological polar surface area (TPSA) is 44.8 Å². The molecule has 0 saturated heterocycles. The molecule has 2 aromatic rings. The minimum atomic E-state index is -0.179. The molecule has 0 saturated carbocycles. The maximum Gasteiger partial charge on any atom is 0.228 e. The highest BCUT2D eigenvalue weighted by Crippen LogP contribution is 2.38. The number of hydrogen-bond donors (Lipinski definition) is 0. The van der Waals surface area contributed by atoms with Gasteiger partial charge >= 0.3 is 0 Å². The number of halogens is 1. The van der Waals surface area contributed by atoms with Gasteiger partial charge in [0.1, 0.15) is 6.61 Å². The molecule has 0 unspecified atom stereocenters. The van der Waals surface area contributed by atoms with Crippen LogP contribution in [0.4, 0.5) is 0 Å². The summed E-state index contributed by atoms with van der Waals surface area (Å²) in [5.41, 5.74) is 2.11. The molecule has 0 atom stereocenters. The quantitative estimate of drug-likeness (QED) is 0.794. The van der Waals surface area contributed by atoms with Crippen molar-refractivity contribution in [2.75, 3.05) is 14.2 Å². The second kappa shape index (κ2) is 6.34. The van der Waals surface area contributed by atoms with Crippen LogP contribution in [0.2, 0.25) is 5.02 Å². The summed E-state index contributed by atoms with van der Waals surface area (Å²) in [6.07, 6.45) is 1.71. The Hall–Kier alpha value is -2.46. The van der Waals surface area contributed by atoms with Crippen molar-refractivity contribution in [3.8, 4) is 11.5 Å². The number of ether oxygens (including phenoxy) is 3. The molecule has 2 aromatic carbocycles. The van der Waals surface area contributed by atoms with Crippen molar-refractivity contribution in [2.45, 2.75) is 6.61 Å². The molecule has 0 fully saturated rings. The number of fused-ring (bicyclic) bond motifs is 1. The summed E-state index contributed by atoms with van der Waals surface area (Å²) in [5, 5.41) is 0.644. The standard InChI is InChI=1S/C18H15ClO4/c1-21-15-8-7-13-14(18(15)22-2)10-23-16(17(13)20)9-11-3-5-12(19)6-4-11/h3-9H,10H2,1-2H3/b16-9-. The first kappa shape index (κ1) is 15.4. The average Bonchev–Trinajstić information content (AvgIpc) is 2.58. The zero-order valence-corrected chi connectivity index (χ0v) is 13.5. The number of carbonyl (C=O) groups excluding carboxylic acids is 1. The summed E-state index contributed by atoms with van der Waals surface area (Å²) in [7, 11) is 3.10. The fraction of sp³-hybridized carbons (Fsp3) is 0.167. The van der Waals surface area contributed by atoms with Crippen LogP contribution in [-0.2, 0) is 11.3 Å². The number of methoxy groups -OCH3 is 2. The largest absolute Gasteiger partial charge is 0.493 e. The Kier molecular flexibility index (Phi) is 4.26. The molecular formula is C18H15ClO4. The molecule has 1 heterocycles. The predicted molar refractivity (Wildman–Crippen MR) is 88.1 cm³/mol. The highest BCUT2D eigenvalue weighted by Gasteiger charge is 2.28. The number of ketones is 1. The number of Topliss-reactive ketones (excluding diaryl/α,β-unsaturated/α-hetero) is 1. The maximum atomic E-state index is 12.6. The summed E-state index contributed by atoms with van der Waals surface area (Å²) in [4.78, 5) is 12.6. The van der Waals surface area contributed by atoms with Crippen LogP contribution >= 0.6 is 11.6 Å². The zero-order valence-electron chi connectivity index (χ0n) is 12.8. The van der Waals surface area contributed by atoms with Gasteiger partial charge in [-0.1, -0.05) is 23.7 Å². The predicted octanol–water partition coefficient (Wildman–Crippen LogP) is 4.11. The highest BCUT2D eigenvalue weighted by atomic mass is 35.5. The monoisotopic (exact) mass is 330 g/mol. The zero-order chi connectivity index (χ0) is 16.4. The molecule has 0 bridgehead atoms. The van der Waals surface area contributed by atoms with Crippen LogP contribution in [0.1, 0.15) is 21.5 Å². The number of carbonyl (C=O) groups is 1. The van der Waals surface area contributed by atoms with E-state index in [-0.39, 0.29) is 12.4 Å². The van der Waals surface area contributed by atoms with E-state index in [0.29, 0.717) is 33.4 Å². The van der Waals surface area contributed by atoms with E-state index in [0.717, 1.165) is 5.56 Å². The SMILES string of the molecule is COc1ccc2c(c1OC)CO/C(=C\c1ccc(Cl)cc1)C2=O. The fourth-order valence-corrected chi connectivity index (χ4v) is 2.64. The van der Waals surface area contributed by atoms with Gasteiger partial charge in [-0.3, -0.25) is 4.79 Å². The Morgan fingerprint density at radius 1 is 1.09 bits per heavy atom. The average molecular weight is 331 g/mol. The maximum absolute atomic E-state index is 12.6. The van der Waals surface area contributed by atoms with Crippen LogP contribution in [0, 0.1) is 0 Å². The number of rotatable bonds is 3. The number of hydrogen-bond acceptors (Lipinski definition) is 4. The van der Waals surface area contributed by atoms with E-state index in [9.17, 15) is 4.79 Å². The minimum absolute atomic E-state index is 0.179. The van der Waals surface area contributed by atoms with Gasteiger partial charge in [-0.05, 0) is 35.9 Å². The number of allylic oxidation sites excluding steroid dienone is 1.